The van der Waals surface area contributed by atoms with E-state index in [-0.39, 0.29) is 5.69 Å². The molecule has 0 saturated carbocycles. The fourth-order valence-corrected chi connectivity index (χ4v) is 3.74. The van der Waals surface area contributed by atoms with E-state index < -0.39 is 5.97 Å². The number of benzene rings is 3. The van der Waals surface area contributed by atoms with Crippen LogP contribution < -0.4 is 0 Å². The lowest BCUT2D eigenvalue weighted by Gasteiger charge is -2.04. The lowest BCUT2D eigenvalue weighted by molar-refractivity contribution is 0.0687. The van der Waals surface area contributed by atoms with Crippen LogP contribution in [0, 0.1) is 0 Å². The van der Waals surface area contributed by atoms with E-state index in [1.165, 1.54) is 26.9 Å². The predicted molar refractivity (Wildman–Crippen MR) is 104 cm³/mol. The van der Waals surface area contributed by atoms with Gasteiger partial charge in [-0.15, -0.1) is 0 Å². The largest absolute Gasteiger partial charge is 0.477 e. The summed E-state index contributed by atoms with van der Waals surface area (Å²) in [6.07, 6.45) is 0.893. The van der Waals surface area contributed by atoms with Gasteiger partial charge in [0, 0.05) is 5.56 Å². The van der Waals surface area contributed by atoms with E-state index in [0.29, 0.717) is 5.69 Å². The lowest BCUT2D eigenvalue weighted by Crippen LogP contribution is -2.07. The van der Waals surface area contributed by atoms with Crippen LogP contribution in [-0.2, 0) is 6.42 Å². The molecule has 0 radical (unpaired) electrons. The first-order valence-electron chi connectivity index (χ1n) is 8.81. The van der Waals surface area contributed by atoms with Gasteiger partial charge in [0.05, 0.1) is 11.4 Å². The number of nitrogens with zero attached hydrogens (tertiary/aromatic N) is 2. The van der Waals surface area contributed by atoms with E-state index in [9.17, 15) is 9.90 Å². The molecule has 0 spiro atoms. The van der Waals surface area contributed by atoms with Gasteiger partial charge in [-0.25, -0.2) is 9.48 Å². The molecule has 0 atom stereocenters. The van der Waals surface area contributed by atoms with Crippen LogP contribution in [0.5, 0.6) is 0 Å². The number of carbonyl (C=O) groups is 1. The Hall–Kier alpha value is -3.66. The SMILES string of the molecule is O=C(O)c1cc(-c2ccc3c(c2)Cc2ccccc2-3)nn1-c1ccccc1. The number of rotatable bonds is 3. The van der Waals surface area contributed by atoms with Crippen LogP contribution in [0.2, 0.25) is 0 Å². The number of hydrogen-bond acceptors (Lipinski definition) is 2. The topological polar surface area (TPSA) is 55.1 Å². The standard InChI is InChI=1S/C23H16N2O2/c26-23(27)22-14-21(24-25(22)18-7-2-1-3-8-18)16-10-11-20-17(13-16)12-15-6-4-5-9-19(15)20/h1-11,13-14H,12H2,(H,26,27). The Kier molecular flexibility index (Phi) is 3.44. The van der Waals surface area contributed by atoms with Crippen molar-refractivity contribution in [3.05, 3.63) is 95.7 Å². The molecule has 0 unspecified atom stereocenters. The zero-order valence-corrected chi connectivity index (χ0v) is 14.5. The van der Waals surface area contributed by atoms with Gasteiger partial charge in [0.2, 0.25) is 0 Å². The first kappa shape index (κ1) is 15.6. The number of hydrogen-bond donors (Lipinski definition) is 1. The second kappa shape index (κ2) is 5.95. The van der Waals surface area contributed by atoms with Crippen LogP contribution in [0.1, 0.15) is 21.6 Å². The molecule has 4 heteroatoms. The van der Waals surface area contributed by atoms with E-state index >= 15 is 0 Å². The predicted octanol–water partition coefficient (Wildman–Crippen LogP) is 4.81. The van der Waals surface area contributed by atoms with Crippen molar-refractivity contribution >= 4 is 5.97 Å². The molecule has 0 saturated heterocycles. The van der Waals surface area contributed by atoms with Gasteiger partial charge in [-0.3, -0.25) is 0 Å². The van der Waals surface area contributed by atoms with Crippen LogP contribution in [0.4, 0.5) is 0 Å². The van der Waals surface area contributed by atoms with E-state index in [2.05, 4.69) is 41.5 Å². The molecule has 5 rings (SSSR count). The van der Waals surface area contributed by atoms with Crippen LogP contribution in [0.25, 0.3) is 28.1 Å². The average Bonchev–Trinajstić information content (AvgIpc) is 3.30. The fourth-order valence-electron chi connectivity index (χ4n) is 3.74. The zero-order valence-electron chi connectivity index (χ0n) is 14.5. The smallest absolute Gasteiger partial charge is 0.354 e. The Labute approximate surface area is 156 Å². The van der Waals surface area contributed by atoms with E-state index in [1.54, 1.807) is 6.07 Å². The summed E-state index contributed by atoms with van der Waals surface area (Å²) in [6.45, 7) is 0. The van der Waals surface area contributed by atoms with Gasteiger partial charge in [-0.2, -0.15) is 5.10 Å². The molecule has 1 aromatic heterocycles. The molecular formula is C23H16N2O2. The van der Waals surface area contributed by atoms with Crippen LogP contribution >= 0.6 is 0 Å². The Morgan fingerprint density at radius 3 is 2.41 bits per heavy atom. The summed E-state index contributed by atoms with van der Waals surface area (Å²) in [5, 5.41) is 14.2. The van der Waals surface area contributed by atoms with E-state index in [4.69, 9.17) is 0 Å². The molecule has 3 aromatic carbocycles. The Bertz CT molecular complexity index is 1180. The molecule has 1 aliphatic carbocycles. The first-order valence-corrected chi connectivity index (χ1v) is 8.81. The van der Waals surface area contributed by atoms with Crippen molar-refractivity contribution in [3.63, 3.8) is 0 Å². The van der Waals surface area contributed by atoms with Crippen molar-refractivity contribution in [2.75, 3.05) is 0 Å². The number of para-hydroxylation sites is 1. The van der Waals surface area contributed by atoms with E-state index in [1.807, 2.05) is 36.4 Å². The monoisotopic (exact) mass is 352 g/mol. The Balaban J connectivity index is 1.60. The summed E-state index contributed by atoms with van der Waals surface area (Å²) in [6, 6.07) is 25.6. The van der Waals surface area contributed by atoms with Crippen molar-refractivity contribution < 1.29 is 9.90 Å². The van der Waals surface area contributed by atoms with Crippen molar-refractivity contribution in [1.29, 1.82) is 0 Å². The van der Waals surface area contributed by atoms with Gasteiger partial charge in [-0.05, 0) is 52.9 Å². The third kappa shape index (κ3) is 2.54. The third-order valence-corrected chi connectivity index (χ3v) is 5.02. The highest BCUT2D eigenvalue weighted by Gasteiger charge is 2.20. The van der Waals surface area contributed by atoms with Crippen LogP contribution in [0.3, 0.4) is 0 Å². The van der Waals surface area contributed by atoms with Crippen molar-refractivity contribution in [1.82, 2.24) is 9.78 Å². The molecule has 1 aliphatic rings. The van der Waals surface area contributed by atoms with Gasteiger partial charge in [-0.1, -0.05) is 54.6 Å². The molecule has 0 amide bonds. The highest BCUT2D eigenvalue weighted by Crippen LogP contribution is 2.38. The highest BCUT2D eigenvalue weighted by atomic mass is 16.4. The molecule has 27 heavy (non-hydrogen) atoms. The van der Waals surface area contributed by atoms with Gasteiger partial charge in [0.1, 0.15) is 0 Å². The maximum Gasteiger partial charge on any atom is 0.354 e. The van der Waals surface area contributed by atoms with Crippen LogP contribution in [0.15, 0.2) is 78.9 Å². The summed E-state index contributed by atoms with van der Waals surface area (Å²) < 4.78 is 1.49. The lowest BCUT2D eigenvalue weighted by atomic mass is 10.0. The van der Waals surface area contributed by atoms with Crippen molar-refractivity contribution in [2.24, 2.45) is 0 Å². The summed E-state index contributed by atoms with van der Waals surface area (Å²) in [5.74, 6) is -0.994. The molecule has 4 nitrogen and oxygen atoms in total. The Morgan fingerprint density at radius 2 is 1.59 bits per heavy atom. The maximum atomic E-state index is 11.7. The van der Waals surface area contributed by atoms with Gasteiger partial charge >= 0.3 is 5.97 Å². The number of fused-ring (bicyclic) bond motifs is 3. The molecule has 0 fully saturated rings. The third-order valence-electron chi connectivity index (χ3n) is 5.02. The number of aromatic carboxylic acids is 1. The molecule has 0 aliphatic heterocycles. The minimum atomic E-state index is -0.994. The molecule has 4 aromatic rings. The second-order valence-corrected chi connectivity index (χ2v) is 6.67. The summed E-state index contributed by atoms with van der Waals surface area (Å²) in [4.78, 5) is 11.7. The van der Waals surface area contributed by atoms with Crippen LogP contribution in [-0.4, -0.2) is 20.9 Å². The van der Waals surface area contributed by atoms with Crippen molar-refractivity contribution in [3.8, 4) is 28.1 Å². The maximum absolute atomic E-state index is 11.7. The number of carboxylic acid groups (broad SMARTS) is 1. The minimum Gasteiger partial charge on any atom is -0.477 e. The number of aromatic nitrogens is 2. The first-order chi connectivity index (χ1) is 13.2. The molecule has 130 valence electrons. The summed E-state index contributed by atoms with van der Waals surface area (Å²) >= 11 is 0. The molecule has 0 bridgehead atoms. The van der Waals surface area contributed by atoms with Gasteiger partial charge in [0.25, 0.3) is 0 Å². The molecule has 1 heterocycles. The zero-order chi connectivity index (χ0) is 18.4. The average molecular weight is 352 g/mol. The molecular weight excluding hydrogens is 336 g/mol. The Morgan fingerprint density at radius 1 is 0.852 bits per heavy atom. The normalized spacial score (nSPS) is 11.9. The molecule has 1 N–H and O–H groups in total. The minimum absolute atomic E-state index is 0.153. The number of carboxylic acids is 1. The summed E-state index contributed by atoms with van der Waals surface area (Å²) in [5.41, 5.74) is 7.57. The van der Waals surface area contributed by atoms with Crippen molar-refractivity contribution in [2.45, 2.75) is 6.42 Å². The fraction of sp³-hybridized carbons (Fsp3) is 0.0435. The van der Waals surface area contributed by atoms with Gasteiger partial charge < -0.3 is 5.11 Å². The summed E-state index contributed by atoms with van der Waals surface area (Å²) in [7, 11) is 0. The van der Waals surface area contributed by atoms with Gasteiger partial charge in [0.15, 0.2) is 5.69 Å². The highest BCUT2D eigenvalue weighted by molar-refractivity contribution is 5.88. The second-order valence-electron chi connectivity index (χ2n) is 6.67. The van der Waals surface area contributed by atoms with E-state index in [0.717, 1.165) is 17.7 Å². The quantitative estimate of drug-likeness (QED) is 0.507.